The summed E-state index contributed by atoms with van der Waals surface area (Å²) in [7, 11) is 0. The molecule has 1 fully saturated rings. The van der Waals surface area contributed by atoms with E-state index in [-0.39, 0.29) is 12.1 Å². The van der Waals surface area contributed by atoms with Crippen LogP contribution in [0.1, 0.15) is 26.3 Å². The number of morpholine rings is 1. The van der Waals surface area contributed by atoms with Gasteiger partial charge in [-0.2, -0.15) is 0 Å². The van der Waals surface area contributed by atoms with Crippen molar-refractivity contribution in [2.75, 3.05) is 19.8 Å². The van der Waals surface area contributed by atoms with E-state index in [1.165, 1.54) is 5.39 Å². The van der Waals surface area contributed by atoms with E-state index in [0.717, 1.165) is 10.9 Å². The maximum absolute atomic E-state index is 12.5. The van der Waals surface area contributed by atoms with E-state index in [0.29, 0.717) is 26.2 Å². The van der Waals surface area contributed by atoms with Gasteiger partial charge in [0.1, 0.15) is 5.60 Å². The van der Waals surface area contributed by atoms with Gasteiger partial charge in [-0.05, 0) is 38.1 Å². The van der Waals surface area contributed by atoms with Gasteiger partial charge < -0.3 is 14.4 Å². The second-order valence-corrected chi connectivity index (χ2v) is 7.13. The molecular weight excluding hydrogens is 304 g/mol. The molecule has 1 amide bonds. The number of amides is 1. The summed E-state index contributed by atoms with van der Waals surface area (Å²) in [6.45, 7) is 7.27. The minimum atomic E-state index is -0.499. The highest BCUT2D eigenvalue weighted by atomic mass is 16.6. The Hall–Kier alpha value is -2.14. The van der Waals surface area contributed by atoms with E-state index in [9.17, 15) is 4.79 Å². The summed E-state index contributed by atoms with van der Waals surface area (Å²) in [6, 6.07) is 8.13. The first kappa shape index (κ1) is 16.7. The minimum absolute atomic E-state index is 0.0405. The fraction of sp³-hybridized carbons (Fsp3) is 0.474. The summed E-state index contributed by atoms with van der Waals surface area (Å²) in [5.74, 6) is 0. The highest BCUT2D eigenvalue weighted by molar-refractivity contribution is 5.84. The van der Waals surface area contributed by atoms with Crippen molar-refractivity contribution in [3.05, 3.63) is 42.2 Å². The lowest BCUT2D eigenvalue weighted by Crippen LogP contribution is -2.51. The van der Waals surface area contributed by atoms with Crippen LogP contribution in [0.3, 0.4) is 0 Å². The summed E-state index contributed by atoms with van der Waals surface area (Å²) in [4.78, 5) is 18.6. The van der Waals surface area contributed by atoms with Crippen LogP contribution < -0.4 is 0 Å². The number of hydrogen-bond acceptors (Lipinski definition) is 4. The number of pyridine rings is 1. The molecule has 1 aliphatic heterocycles. The lowest BCUT2D eigenvalue weighted by Gasteiger charge is -2.36. The van der Waals surface area contributed by atoms with E-state index in [1.807, 2.05) is 45.3 Å². The summed E-state index contributed by atoms with van der Waals surface area (Å²) in [5.41, 5.74) is 0.623. The van der Waals surface area contributed by atoms with Gasteiger partial charge >= 0.3 is 6.09 Å². The monoisotopic (exact) mass is 328 g/mol. The van der Waals surface area contributed by atoms with Gasteiger partial charge in [0.15, 0.2) is 0 Å². The first-order valence-electron chi connectivity index (χ1n) is 8.33. The predicted molar refractivity (Wildman–Crippen MR) is 93.0 cm³/mol. The summed E-state index contributed by atoms with van der Waals surface area (Å²) < 4.78 is 11.2. The van der Waals surface area contributed by atoms with Gasteiger partial charge in [-0.3, -0.25) is 4.98 Å². The average molecular weight is 328 g/mol. The molecule has 0 bridgehead atoms. The van der Waals surface area contributed by atoms with E-state index < -0.39 is 5.60 Å². The fourth-order valence-corrected chi connectivity index (χ4v) is 2.98. The molecule has 5 heteroatoms. The number of hydrogen-bond donors (Lipinski definition) is 0. The van der Waals surface area contributed by atoms with E-state index in [1.54, 1.807) is 4.90 Å². The molecule has 128 valence electrons. The molecule has 1 unspecified atom stereocenters. The Labute approximate surface area is 142 Å². The molecular formula is C19H24N2O3. The van der Waals surface area contributed by atoms with Crippen LogP contribution in [-0.2, 0) is 15.9 Å². The third-order valence-electron chi connectivity index (χ3n) is 4.06. The van der Waals surface area contributed by atoms with Gasteiger partial charge in [0.05, 0.1) is 19.3 Å². The molecule has 2 aromatic rings. The SMILES string of the molecule is CC(C)(C)OC(=O)N1CCOCC1Cc1cncc2ccccc12. The molecule has 0 radical (unpaired) electrons. The van der Waals surface area contributed by atoms with Crippen molar-refractivity contribution >= 4 is 16.9 Å². The van der Waals surface area contributed by atoms with E-state index in [2.05, 4.69) is 17.1 Å². The normalized spacial score (nSPS) is 18.6. The third kappa shape index (κ3) is 3.85. The molecule has 0 saturated carbocycles. The largest absolute Gasteiger partial charge is 0.444 e. The number of aromatic nitrogens is 1. The van der Waals surface area contributed by atoms with Crippen LogP contribution in [0.25, 0.3) is 10.8 Å². The van der Waals surface area contributed by atoms with Crippen molar-refractivity contribution in [3.63, 3.8) is 0 Å². The van der Waals surface area contributed by atoms with Crippen molar-refractivity contribution in [1.29, 1.82) is 0 Å². The van der Waals surface area contributed by atoms with Crippen molar-refractivity contribution in [3.8, 4) is 0 Å². The van der Waals surface area contributed by atoms with Crippen LogP contribution in [0.15, 0.2) is 36.7 Å². The van der Waals surface area contributed by atoms with Crippen LogP contribution in [0.4, 0.5) is 4.79 Å². The molecule has 1 saturated heterocycles. The highest BCUT2D eigenvalue weighted by Gasteiger charge is 2.31. The van der Waals surface area contributed by atoms with E-state index >= 15 is 0 Å². The van der Waals surface area contributed by atoms with Crippen molar-refractivity contribution in [2.24, 2.45) is 0 Å². The molecule has 0 N–H and O–H groups in total. The van der Waals surface area contributed by atoms with Crippen LogP contribution >= 0.6 is 0 Å². The minimum Gasteiger partial charge on any atom is -0.444 e. The Morgan fingerprint density at radius 3 is 2.92 bits per heavy atom. The number of carbonyl (C=O) groups excluding carboxylic acids is 1. The smallest absolute Gasteiger partial charge is 0.410 e. The van der Waals surface area contributed by atoms with Crippen molar-refractivity contribution in [1.82, 2.24) is 9.88 Å². The number of benzene rings is 1. The van der Waals surface area contributed by atoms with Gasteiger partial charge in [-0.1, -0.05) is 24.3 Å². The quantitative estimate of drug-likeness (QED) is 0.848. The summed E-state index contributed by atoms with van der Waals surface area (Å²) in [5, 5.41) is 2.28. The zero-order chi connectivity index (χ0) is 17.2. The van der Waals surface area contributed by atoms with Gasteiger partial charge in [0, 0.05) is 24.3 Å². The topological polar surface area (TPSA) is 51.7 Å². The Morgan fingerprint density at radius 1 is 1.33 bits per heavy atom. The van der Waals surface area contributed by atoms with Gasteiger partial charge in [0.25, 0.3) is 0 Å². The highest BCUT2D eigenvalue weighted by Crippen LogP contribution is 2.22. The number of nitrogens with zero attached hydrogens (tertiary/aromatic N) is 2. The molecule has 0 aliphatic carbocycles. The Bertz CT molecular complexity index is 719. The Balaban J connectivity index is 1.82. The lowest BCUT2D eigenvalue weighted by atomic mass is 10.0. The first-order chi connectivity index (χ1) is 11.4. The molecule has 2 heterocycles. The Kier molecular flexibility index (Phi) is 4.71. The molecule has 3 rings (SSSR count). The van der Waals surface area contributed by atoms with Crippen LogP contribution in [0.2, 0.25) is 0 Å². The zero-order valence-electron chi connectivity index (χ0n) is 14.5. The van der Waals surface area contributed by atoms with Crippen LogP contribution in [-0.4, -0.2) is 47.4 Å². The number of carbonyl (C=O) groups is 1. The van der Waals surface area contributed by atoms with Gasteiger partial charge in [0.2, 0.25) is 0 Å². The molecule has 1 aromatic carbocycles. The first-order valence-corrected chi connectivity index (χ1v) is 8.33. The standard InChI is InChI=1S/C19H24N2O3/c1-19(2,3)24-18(22)21-8-9-23-13-16(21)10-15-12-20-11-14-6-4-5-7-17(14)15/h4-7,11-12,16H,8-10,13H2,1-3H3. The van der Waals surface area contributed by atoms with Crippen LogP contribution in [0.5, 0.6) is 0 Å². The average Bonchev–Trinajstić information content (AvgIpc) is 2.54. The maximum Gasteiger partial charge on any atom is 0.410 e. The second-order valence-electron chi connectivity index (χ2n) is 7.13. The summed E-state index contributed by atoms with van der Waals surface area (Å²) >= 11 is 0. The number of ether oxygens (including phenoxy) is 2. The predicted octanol–water partition coefficient (Wildman–Crippen LogP) is 3.41. The van der Waals surface area contributed by atoms with Gasteiger partial charge in [-0.15, -0.1) is 0 Å². The maximum atomic E-state index is 12.5. The Morgan fingerprint density at radius 2 is 2.12 bits per heavy atom. The molecule has 1 aromatic heterocycles. The van der Waals surface area contributed by atoms with E-state index in [4.69, 9.17) is 9.47 Å². The number of rotatable bonds is 2. The summed E-state index contributed by atoms with van der Waals surface area (Å²) in [6.07, 6.45) is 4.17. The lowest BCUT2D eigenvalue weighted by molar-refractivity contribution is -0.0319. The second kappa shape index (κ2) is 6.77. The van der Waals surface area contributed by atoms with Crippen LogP contribution in [0, 0.1) is 0 Å². The zero-order valence-corrected chi connectivity index (χ0v) is 14.5. The van der Waals surface area contributed by atoms with Crippen molar-refractivity contribution < 1.29 is 14.3 Å². The fourth-order valence-electron chi connectivity index (χ4n) is 2.98. The molecule has 0 spiro atoms. The molecule has 5 nitrogen and oxygen atoms in total. The molecule has 1 atom stereocenters. The molecule has 1 aliphatic rings. The number of fused-ring (bicyclic) bond motifs is 1. The van der Waals surface area contributed by atoms with Gasteiger partial charge in [-0.25, -0.2) is 4.79 Å². The molecule has 24 heavy (non-hydrogen) atoms. The third-order valence-corrected chi connectivity index (χ3v) is 4.06. The van der Waals surface area contributed by atoms with Crippen molar-refractivity contribution in [2.45, 2.75) is 38.8 Å².